The van der Waals surface area contributed by atoms with Crippen LogP contribution in [0.2, 0.25) is 0 Å². The third-order valence-corrected chi connectivity index (χ3v) is 5.34. The monoisotopic (exact) mass is 422 g/mol. The first-order chi connectivity index (χ1) is 14.7. The first kappa shape index (κ1) is 22.8. The van der Waals surface area contributed by atoms with E-state index in [1.54, 1.807) is 4.90 Å². The summed E-state index contributed by atoms with van der Waals surface area (Å²) in [4.78, 5) is 31.8. The average molecular weight is 423 g/mol. The van der Waals surface area contributed by atoms with Gasteiger partial charge in [-0.2, -0.15) is 0 Å². The Bertz CT molecular complexity index is 884. The summed E-state index contributed by atoms with van der Waals surface area (Å²) in [7, 11) is 2.08. The molecule has 6 heteroatoms. The molecule has 0 spiro atoms. The number of nitrogens with one attached hydrogen (secondary N) is 1. The molecule has 0 unspecified atom stereocenters. The van der Waals surface area contributed by atoms with Crippen LogP contribution in [0.25, 0.3) is 0 Å². The Morgan fingerprint density at radius 2 is 1.58 bits per heavy atom. The summed E-state index contributed by atoms with van der Waals surface area (Å²) in [5.41, 5.74) is 2.41. The molecule has 3 rings (SSSR count). The molecule has 31 heavy (non-hydrogen) atoms. The fourth-order valence-electron chi connectivity index (χ4n) is 3.61. The summed E-state index contributed by atoms with van der Waals surface area (Å²) >= 11 is 0. The van der Waals surface area contributed by atoms with Crippen molar-refractivity contribution < 1.29 is 9.59 Å². The maximum absolute atomic E-state index is 13.1. The van der Waals surface area contributed by atoms with Crippen LogP contribution in [0, 0.1) is 0 Å². The predicted octanol–water partition coefficient (Wildman–Crippen LogP) is 3.52. The maximum atomic E-state index is 13.1. The number of anilines is 1. The fourth-order valence-corrected chi connectivity index (χ4v) is 3.61. The van der Waals surface area contributed by atoms with Gasteiger partial charge in [-0.3, -0.25) is 9.69 Å². The zero-order valence-corrected chi connectivity index (χ0v) is 19.1. The topological polar surface area (TPSA) is 55.9 Å². The number of carbonyl (C=O) groups excluding carboxylic acids is 2. The third kappa shape index (κ3) is 6.82. The fraction of sp³-hybridized carbons (Fsp3) is 0.440. The smallest absolute Gasteiger partial charge is 0.322 e. The summed E-state index contributed by atoms with van der Waals surface area (Å²) in [5.74, 6) is 0.138. The lowest BCUT2D eigenvalue weighted by molar-refractivity contribution is -0.132. The lowest BCUT2D eigenvalue weighted by Gasteiger charge is -2.32. The minimum atomic E-state index is -0.346. The molecule has 0 radical (unpaired) electrons. The average Bonchev–Trinajstić information content (AvgIpc) is 2.72. The zero-order valence-electron chi connectivity index (χ0n) is 19.1. The van der Waals surface area contributed by atoms with Crippen molar-refractivity contribution >= 4 is 17.6 Å². The van der Waals surface area contributed by atoms with Crippen LogP contribution >= 0.6 is 0 Å². The SMILES string of the molecule is CN1CCN(C(=O)Cc2cccc(N(Cc3ccccc3)C(=O)NC(C)(C)C)c2)CC1. The number of urea groups is 1. The molecule has 1 fully saturated rings. The van der Waals surface area contributed by atoms with Crippen molar-refractivity contribution in [1.82, 2.24) is 15.1 Å². The Balaban J connectivity index is 1.78. The molecule has 166 valence electrons. The molecule has 3 amide bonds. The molecule has 0 saturated carbocycles. The van der Waals surface area contributed by atoms with Gasteiger partial charge < -0.3 is 15.1 Å². The first-order valence-corrected chi connectivity index (χ1v) is 10.9. The summed E-state index contributed by atoms with van der Waals surface area (Å²) in [6, 6.07) is 17.5. The van der Waals surface area contributed by atoms with Crippen LogP contribution in [0.3, 0.4) is 0 Å². The van der Waals surface area contributed by atoms with Gasteiger partial charge >= 0.3 is 6.03 Å². The van der Waals surface area contributed by atoms with Crippen LogP contribution in [-0.4, -0.2) is 60.5 Å². The molecule has 1 N–H and O–H groups in total. The Kier molecular flexibility index (Phi) is 7.33. The summed E-state index contributed by atoms with van der Waals surface area (Å²) in [6.07, 6.45) is 0.345. The van der Waals surface area contributed by atoms with Crippen molar-refractivity contribution in [3.63, 3.8) is 0 Å². The highest BCUT2D eigenvalue weighted by Gasteiger charge is 2.23. The highest BCUT2D eigenvalue weighted by Crippen LogP contribution is 2.21. The molecule has 2 aromatic carbocycles. The molecule has 1 saturated heterocycles. The van der Waals surface area contributed by atoms with Crippen LogP contribution < -0.4 is 10.2 Å². The van der Waals surface area contributed by atoms with Crippen LogP contribution in [0.15, 0.2) is 54.6 Å². The van der Waals surface area contributed by atoms with Crippen LogP contribution in [0.5, 0.6) is 0 Å². The lowest BCUT2D eigenvalue weighted by atomic mass is 10.1. The Labute approximate surface area is 185 Å². The van der Waals surface area contributed by atoms with Gasteiger partial charge in [0, 0.05) is 37.4 Å². The van der Waals surface area contributed by atoms with Gasteiger partial charge in [0.25, 0.3) is 0 Å². The number of hydrogen-bond acceptors (Lipinski definition) is 3. The molecule has 0 aromatic heterocycles. The lowest BCUT2D eigenvalue weighted by Crippen LogP contribution is -2.48. The van der Waals surface area contributed by atoms with Crippen LogP contribution in [0.4, 0.5) is 10.5 Å². The van der Waals surface area contributed by atoms with Gasteiger partial charge in [-0.25, -0.2) is 4.79 Å². The van der Waals surface area contributed by atoms with E-state index in [2.05, 4.69) is 17.3 Å². The van der Waals surface area contributed by atoms with Gasteiger partial charge in [-0.1, -0.05) is 42.5 Å². The van der Waals surface area contributed by atoms with Gasteiger partial charge in [0.15, 0.2) is 0 Å². The highest BCUT2D eigenvalue weighted by molar-refractivity contribution is 5.92. The number of hydrogen-bond donors (Lipinski definition) is 1. The van der Waals surface area contributed by atoms with E-state index in [0.29, 0.717) is 13.0 Å². The van der Waals surface area contributed by atoms with E-state index < -0.39 is 0 Å². The van der Waals surface area contributed by atoms with E-state index in [4.69, 9.17) is 0 Å². The molecule has 1 aliphatic rings. The molecule has 0 bridgehead atoms. The van der Waals surface area contributed by atoms with Crippen molar-refractivity contribution in [3.05, 3.63) is 65.7 Å². The quantitative estimate of drug-likeness (QED) is 0.802. The minimum absolute atomic E-state index is 0.138. The van der Waals surface area contributed by atoms with Crippen molar-refractivity contribution in [2.24, 2.45) is 0 Å². The third-order valence-electron chi connectivity index (χ3n) is 5.34. The van der Waals surface area contributed by atoms with E-state index >= 15 is 0 Å². The number of carbonyl (C=O) groups is 2. The number of rotatable bonds is 5. The van der Waals surface area contributed by atoms with E-state index in [1.807, 2.05) is 80.3 Å². The molecule has 1 aliphatic heterocycles. The summed E-state index contributed by atoms with van der Waals surface area (Å²) in [6.45, 7) is 9.71. The molecular formula is C25H34N4O2. The maximum Gasteiger partial charge on any atom is 0.322 e. The van der Waals surface area contributed by atoms with Crippen molar-refractivity contribution in [2.45, 2.75) is 39.3 Å². The van der Waals surface area contributed by atoms with Crippen molar-refractivity contribution in [1.29, 1.82) is 0 Å². The summed E-state index contributed by atoms with van der Waals surface area (Å²) in [5, 5.41) is 3.06. The number of amides is 3. The largest absolute Gasteiger partial charge is 0.340 e. The van der Waals surface area contributed by atoms with E-state index in [-0.39, 0.29) is 17.5 Å². The van der Waals surface area contributed by atoms with Gasteiger partial charge in [0.05, 0.1) is 13.0 Å². The zero-order chi connectivity index (χ0) is 22.4. The number of piperazine rings is 1. The first-order valence-electron chi connectivity index (χ1n) is 10.9. The van der Waals surface area contributed by atoms with Crippen molar-refractivity contribution in [2.75, 3.05) is 38.1 Å². The Morgan fingerprint density at radius 3 is 2.23 bits per heavy atom. The normalized spacial score (nSPS) is 14.9. The second-order valence-corrected chi connectivity index (χ2v) is 9.28. The van der Waals surface area contributed by atoms with Crippen molar-refractivity contribution in [3.8, 4) is 0 Å². The standard InChI is InChI=1S/C25H34N4O2/c1-25(2,3)26-24(31)29(19-20-9-6-5-7-10-20)22-12-8-11-21(17-22)18-23(30)28-15-13-27(4)14-16-28/h5-12,17H,13-16,18-19H2,1-4H3,(H,26,31). The number of likely N-dealkylation sites (N-methyl/N-ethyl adjacent to an activating group) is 1. The van der Waals surface area contributed by atoms with E-state index in [9.17, 15) is 9.59 Å². The number of nitrogens with zero attached hydrogens (tertiary/aromatic N) is 3. The number of benzene rings is 2. The Morgan fingerprint density at radius 1 is 0.935 bits per heavy atom. The molecule has 6 nitrogen and oxygen atoms in total. The molecule has 0 aliphatic carbocycles. The molecule has 2 aromatic rings. The second kappa shape index (κ2) is 9.96. The van der Waals surface area contributed by atoms with Gasteiger partial charge in [0.1, 0.15) is 0 Å². The molecular weight excluding hydrogens is 388 g/mol. The molecule has 0 atom stereocenters. The van der Waals surface area contributed by atoms with Gasteiger partial charge in [-0.15, -0.1) is 0 Å². The van der Waals surface area contributed by atoms with Gasteiger partial charge in [-0.05, 0) is 51.1 Å². The second-order valence-electron chi connectivity index (χ2n) is 9.28. The van der Waals surface area contributed by atoms with Crippen LogP contribution in [-0.2, 0) is 17.8 Å². The molecule has 1 heterocycles. The van der Waals surface area contributed by atoms with E-state index in [1.165, 1.54) is 0 Å². The predicted molar refractivity (Wildman–Crippen MR) is 125 cm³/mol. The van der Waals surface area contributed by atoms with Crippen LogP contribution in [0.1, 0.15) is 31.9 Å². The summed E-state index contributed by atoms with van der Waals surface area (Å²) < 4.78 is 0. The minimum Gasteiger partial charge on any atom is -0.340 e. The van der Waals surface area contributed by atoms with E-state index in [0.717, 1.165) is 43.0 Å². The highest BCUT2D eigenvalue weighted by atomic mass is 16.2. The van der Waals surface area contributed by atoms with Gasteiger partial charge in [0.2, 0.25) is 5.91 Å². The Hall–Kier alpha value is -2.86.